The highest BCUT2D eigenvalue weighted by atomic mass is 32.2. The lowest BCUT2D eigenvalue weighted by atomic mass is 10.1. The minimum absolute atomic E-state index is 0.0495. The third-order valence-electron chi connectivity index (χ3n) is 3.02. The Morgan fingerprint density at radius 2 is 1.81 bits per heavy atom. The van der Waals surface area contributed by atoms with E-state index in [1.54, 1.807) is 19.1 Å². The molecule has 0 bridgehead atoms. The smallest absolute Gasteiger partial charge is 0.337 e. The van der Waals surface area contributed by atoms with Crippen molar-refractivity contribution >= 4 is 21.9 Å². The molecule has 0 unspecified atom stereocenters. The van der Waals surface area contributed by atoms with Crippen molar-refractivity contribution in [3.63, 3.8) is 0 Å². The average Bonchev–Trinajstić information content (AvgIpc) is 2.40. The molecule has 21 heavy (non-hydrogen) atoms. The Labute approximate surface area is 126 Å². The molecule has 0 heterocycles. The second kappa shape index (κ2) is 7.42. The molecule has 0 saturated carbocycles. The minimum Gasteiger partial charge on any atom is -0.478 e. The number of aromatic carboxylic acids is 1. The molecule has 0 atom stereocenters. The van der Waals surface area contributed by atoms with Crippen LogP contribution in [-0.2, 0) is 10.2 Å². The van der Waals surface area contributed by atoms with Crippen LogP contribution in [0.1, 0.15) is 42.6 Å². The molecule has 0 aliphatic carbocycles. The summed E-state index contributed by atoms with van der Waals surface area (Å²) in [4.78, 5) is 11.2. The number of nitrogens with zero attached hydrogens (tertiary/aromatic N) is 1. The molecule has 0 fully saturated rings. The second-order valence-corrected chi connectivity index (χ2v) is 6.48. The summed E-state index contributed by atoms with van der Waals surface area (Å²) in [5.41, 5.74) is 0.653. The largest absolute Gasteiger partial charge is 0.478 e. The van der Waals surface area contributed by atoms with Gasteiger partial charge in [-0.15, -0.1) is 0 Å². The summed E-state index contributed by atoms with van der Waals surface area (Å²) < 4.78 is 28.6. The summed E-state index contributed by atoms with van der Waals surface area (Å²) in [7, 11) is -3.76. The Balaban J connectivity index is 3.17. The maximum absolute atomic E-state index is 12.4. The van der Waals surface area contributed by atoms with Gasteiger partial charge in [0.2, 0.25) is 0 Å². The zero-order chi connectivity index (χ0) is 16.0. The lowest BCUT2D eigenvalue weighted by Gasteiger charge is -2.23. The molecule has 0 spiro atoms. The van der Waals surface area contributed by atoms with E-state index in [-0.39, 0.29) is 11.3 Å². The van der Waals surface area contributed by atoms with Crippen LogP contribution in [0.4, 0.5) is 5.69 Å². The summed E-state index contributed by atoms with van der Waals surface area (Å²) in [5, 5.41) is 9.18. The highest BCUT2D eigenvalue weighted by Gasteiger charge is 2.23. The van der Waals surface area contributed by atoms with Crippen LogP contribution in [0, 0.1) is 6.92 Å². The highest BCUT2D eigenvalue weighted by Crippen LogP contribution is 2.23. The number of carbonyl (C=O) groups is 1. The predicted molar refractivity (Wildman–Crippen MR) is 82.8 cm³/mol. The first-order chi connectivity index (χ1) is 9.83. The molecule has 0 aliphatic heterocycles. The Hall–Kier alpha value is -1.60. The van der Waals surface area contributed by atoms with Gasteiger partial charge in [-0.2, -0.15) is 12.7 Å². The number of anilines is 1. The van der Waals surface area contributed by atoms with Gasteiger partial charge in [-0.3, -0.25) is 4.72 Å². The van der Waals surface area contributed by atoms with Gasteiger partial charge >= 0.3 is 16.2 Å². The number of aryl methyl sites for hydroxylation is 1. The molecule has 0 aromatic heterocycles. The van der Waals surface area contributed by atoms with Crippen LogP contribution < -0.4 is 4.72 Å². The van der Waals surface area contributed by atoms with Crippen molar-refractivity contribution in [2.45, 2.75) is 33.6 Å². The van der Waals surface area contributed by atoms with E-state index in [0.717, 1.165) is 0 Å². The molecule has 0 amide bonds. The molecule has 2 N–H and O–H groups in total. The van der Waals surface area contributed by atoms with E-state index in [1.165, 1.54) is 10.4 Å². The van der Waals surface area contributed by atoms with E-state index in [9.17, 15) is 18.3 Å². The van der Waals surface area contributed by atoms with Gasteiger partial charge in [-0.1, -0.05) is 26.0 Å². The van der Waals surface area contributed by atoms with Crippen molar-refractivity contribution in [3.8, 4) is 0 Å². The van der Waals surface area contributed by atoms with E-state index < -0.39 is 16.2 Å². The molecule has 1 aromatic rings. The monoisotopic (exact) mass is 314 g/mol. The molecule has 1 aromatic carbocycles. The van der Waals surface area contributed by atoms with Crippen molar-refractivity contribution in [1.82, 2.24) is 4.31 Å². The Morgan fingerprint density at radius 1 is 1.24 bits per heavy atom. The Kier molecular flexibility index (Phi) is 6.17. The topological polar surface area (TPSA) is 86.7 Å². The van der Waals surface area contributed by atoms with Crippen LogP contribution in [-0.4, -0.2) is 36.9 Å². The molecular formula is C14H22N2O4S. The lowest BCUT2D eigenvalue weighted by Crippen LogP contribution is -2.37. The fourth-order valence-electron chi connectivity index (χ4n) is 2.03. The van der Waals surface area contributed by atoms with Gasteiger partial charge in [0.05, 0.1) is 11.3 Å². The third-order valence-corrected chi connectivity index (χ3v) is 4.53. The van der Waals surface area contributed by atoms with Gasteiger partial charge in [-0.05, 0) is 31.4 Å². The quantitative estimate of drug-likeness (QED) is 0.771. The van der Waals surface area contributed by atoms with Crippen LogP contribution in [0.5, 0.6) is 0 Å². The van der Waals surface area contributed by atoms with Crippen molar-refractivity contribution in [1.29, 1.82) is 0 Å². The first kappa shape index (κ1) is 17.5. The predicted octanol–water partition coefficient (Wildman–Crippen LogP) is 2.47. The van der Waals surface area contributed by atoms with Gasteiger partial charge in [-0.25, -0.2) is 4.79 Å². The van der Waals surface area contributed by atoms with Crippen molar-refractivity contribution in [3.05, 3.63) is 29.3 Å². The van der Waals surface area contributed by atoms with Crippen LogP contribution in [0.15, 0.2) is 18.2 Å². The van der Waals surface area contributed by atoms with Gasteiger partial charge in [0.25, 0.3) is 0 Å². The van der Waals surface area contributed by atoms with Gasteiger partial charge in [0.15, 0.2) is 0 Å². The summed E-state index contributed by atoms with van der Waals surface area (Å²) in [6.45, 7) is 6.27. The maximum atomic E-state index is 12.4. The number of carboxylic acids is 1. The molecule has 6 nitrogen and oxygen atoms in total. The minimum atomic E-state index is -3.76. The van der Waals surface area contributed by atoms with Crippen molar-refractivity contribution in [2.75, 3.05) is 17.8 Å². The number of nitrogens with one attached hydrogen (secondary N) is 1. The Bertz CT molecular complexity index is 593. The van der Waals surface area contributed by atoms with Crippen LogP contribution >= 0.6 is 0 Å². The number of carboxylic acid groups (broad SMARTS) is 1. The molecule has 0 saturated heterocycles. The lowest BCUT2D eigenvalue weighted by molar-refractivity contribution is 0.0698. The maximum Gasteiger partial charge on any atom is 0.337 e. The summed E-state index contributed by atoms with van der Waals surface area (Å²) in [6.07, 6.45) is 1.39. The highest BCUT2D eigenvalue weighted by molar-refractivity contribution is 7.90. The molecule has 0 aliphatic rings. The standard InChI is InChI=1S/C14H22N2O4S/c1-4-9-16(10-5-2)21(19,20)15-13-11(3)7-6-8-12(13)14(17)18/h6-8,15H,4-5,9-10H2,1-3H3,(H,17,18). The third kappa shape index (κ3) is 4.44. The molecule has 118 valence electrons. The Morgan fingerprint density at radius 3 is 2.29 bits per heavy atom. The van der Waals surface area contributed by atoms with Gasteiger partial charge in [0, 0.05) is 13.1 Å². The number of benzene rings is 1. The van der Waals surface area contributed by atoms with Crippen LogP contribution in [0.3, 0.4) is 0 Å². The second-order valence-electron chi connectivity index (χ2n) is 4.81. The van der Waals surface area contributed by atoms with E-state index in [4.69, 9.17) is 0 Å². The summed E-state index contributed by atoms with van der Waals surface area (Å²) in [6, 6.07) is 4.65. The van der Waals surface area contributed by atoms with Crippen molar-refractivity contribution in [2.24, 2.45) is 0 Å². The summed E-state index contributed by atoms with van der Waals surface area (Å²) >= 11 is 0. The van der Waals surface area contributed by atoms with E-state index >= 15 is 0 Å². The van der Waals surface area contributed by atoms with Crippen LogP contribution in [0.2, 0.25) is 0 Å². The molecule has 7 heteroatoms. The molecule has 1 rings (SSSR count). The fraction of sp³-hybridized carbons (Fsp3) is 0.500. The average molecular weight is 314 g/mol. The first-order valence-electron chi connectivity index (χ1n) is 6.94. The fourth-order valence-corrected chi connectivity index (χ4v) is 3.53. The number of para-hydroxylation sites is 1. The van der Waals surface area contributed by atoms with Crippen LogP contribution in [0.25, 0.3) is 0 Å². The van der Waals surface area contributed by atoms with E-state index in [1.807, 2.05) is 13.8 Å². The zero-order valence-electron chi connectivity index (χ0n) is 12.6. The van der Waals surface area contributed by atoms with E-state index in [0.29, 0.717) is 31.5 Å². The normalized spacial score (nSPS) is 11.6. The van der Waals surface area contributed by atoms with Gasteiger partial charge in [0.1, 0.15) is 0 Å². The van der Waals surface area contributed by atoms with Crippen molar-refractivity contribution < 1.29 is 18.3 Å². The zero-order valence-corrected chi connectivity index (χ0v) is 13.4. The molecule has 0 radical (unpaired) electrons. The van der Waals surface area contributed by atoms with E-state index in [2.05, 4.69) is 4.72 Å². The van der Waals surface area contributed by atoms with Gasteiger partial charge < -0.3 is 5.11 Å². The molecular weight excluding hydrogens is 292 g/mol. The summed E-state index contributed by atoms with van der Waals surface area (Å²) in [5.74, 6) is -1.16. The first-order valence-corrected chi connectivity index (χ1v) is 8.38. The number of rotatable bonds is 8. The number of hydrogen-bond donors (Lipinski definition) is 2. The SMILES string of the molecule is CCCN(CCC)S(=O)(=O)Nc1c(C)cccc1C(=O)O. The number of hydrogen-bond acceptors (Lipinski definition) is 3.